The van der Waals surface area contributed by atoms with E-state index in [-0.39, 0.29) is 6.54 Å². The molecule has 0 spiro atoms. The summed E-state index contributed by atoms with van der Waals surface area (Å²) in [6, 6.07) is 4.15. The van der Waals surface area contributed by atoms with Crippen molar-refractivity contribution >= 4 is 24.0 Å². The summed E-state index contributed by atoms with van der Waals surface area (Å²) >= 11 is 0. The number of hydrogen-bond acceptors (Lipinski definition) is 6. The predicted octanol–water partition coefficient (Wildman–Crippen LogP) is 0.407. The Hall–Kier alpha value is -3.30. The van der Waals surface area contributed by atoms with Crippen molar-refractivity contribution in [1.82, 2.24) is 21.3 Å². The van der Waals surface area contributed by atoms with Crippen LogP contribution in [0.5, 0.6) is 11.5 Å². The zero-order valence-corrected chi connectivity index (χ0v) is 12.9. The number of nitrogens with zero attached hydrogens (tertiary/aromatic N) is 3. The number of fused-ring (bicyclic) bond motifs is 1. The molecule has 0 saturated carbocycles. The summed E-state index contributed by atoms with van der Waals surface area (Å²) in [5, 5.41) is 8.68. The van der Waals surface area contributed by atoms with E-state index in [2.05, 4.69) is 26.5 Å². The smallest absolute Gasteiger partial charge is 0.356 e. The van der Waals surface area contributed by atoms with Crippen LogP contribution in [0.4, 0.5) is 9.59 Å². The monoisotopic (exact) mass is 332 g/mol. The molecule has 1 aromatic carbocycles. The molecule has 0 saturated heterocycles. The molecule has 10 nitrogen and oxygen atoms in total. The minimum absolute atomic E-state index is 0.200. The first-order valence-electron chi connectivity index (χ1n) is 7.22. The Kier molecular flexibility index (Phi) is 4.45. The summed E-state index contributed by atoms with van der Waals surface area (Å²) in [7, 11) is 0. The molecule has 10 heteroatoms. The van der Waals surface area contributed by atoms with E-state index in [1.807, 2.05) is 0 Å². The van der Waals surface area contributed by atoms with Crippen molar-refractivity contribution in [1.29, 1.82) is 0 Å². The maximum absolute atomic E-state index is 11.7. The van der Waals surface area contributed by atoms with Crippen LogP contribution in [0.1, 0.15) is 12.5 Å². The van der Waals surface area contributed by atoms with Crippen molar-refractivity contribution in [2.75, 3.05) is 19.8 Å². The maximum atomic E-state index is 11.7. The van der Waals surface area contributed by atoms with Gasteiger partial charge in [0.15, 0.2) is 11.5 Å². The molecule has 0 aliphatic carbocycles. The number of ether oxygens (including phenoxy) is 2. The van der Waals surface area contributed by atoms with E-state index < -0.39 is 12.1 Å². The third kappa shape index (κ3) is 3.72. The van der Waals surface area contributed by atoms with Crippen molar-refractivity contribution in [3.63, 3.8) is 0 Å². The van der Waals surface area contributed by atoms with Crippen LogP contribution in [-0.4, -0.2) is 48.8 Å². The van der Waals surface area contributed by atoms with Gasteiger partial charge in [-0.1, -0.05) is 0 Å². The fourth-order valence-corrected chi connectivity index (χ4v) is 2.08. The fraction of sp³-hybridized carbons (Fsp3) is 0.286. The second kappa shape index (κ2) is 6.86. The van der Waals surface area contributed by atoms with E-state index in [4.69, 9.17) is 9.47 Å². The molecule has 3 rings (SSSR count). The summed E-state index contributed by atoms with van der Waals surface area (Å²) in [6.45, 7) is 2.95. The number of benzene rings is 1. The molecule has 0 aromatic heterocycles. The van der Waals surface area contributed by atoms with Crippen molar-refractivity contribution in [3.05, 3.63) is 23.8 Å². The summed E-state index contributed by atoms with van der Waals surface area (Å²) in [6.07, 6.45) is 1.46. The number of nitrogens with one attached hydrogen (secondary N) is 3. The van der Waals surface area contributed by atoms with Crippen LogP contribution in [0, 0.1) is 0 Å². The van der Waals surface area contributed by atoms with Gasteiger partial charge >= 0.3 is 12.1 Å². The van der Waals surface area contributed by atoms with Gasteiger partial charge in [0.25, 0.3) is 0 Å². The number of urea groups is 2. The first-order chi connectivity index (χ1) is 11.6. The van der Waals surface area contributed by atoms with Gasteiger partial charge < -0.3 is 9.47 Å². The van der Waals surface area contributed by atoms with Gasteiger partial charge in [-0.2, -0.15) is 10.2 Å². The Bertz CT molecular complexity index is 717. The summed E-state index contributed by atoms with van der Waals surface area (Å²) in [5.41, 5.74) is 8.31. The van der Waals surface area contributed by atoms with Gasteiger partial charge in [-0.15, -0.1) is 0 Å². The molecule has 0 atom stereocenters. The molecule has 3 N–H and O–H groups in total. The average molecular weight is 332 g/mol. The van der Waals surface area contributed by atoms with Crippen molar-refractivity contribution in [3.8, 4) is 11.5 Å². The number of hydrazine groups is 1. The lowest BCUT2D eigenvalue weighted by atomic mass is 10.2. The van der Waals surface area contributed by atoms with Gasteiger partial charge in [0.05, 0.1) is 18.5 Å². The first kappa shape index (κ1) is 15.6. The Labute approximate surface area is 137 Å². The third-order valence-electron chi connectivity index (χ3n) is 3.16. The zero-order valence-electron chi connectivity index (χ0n) is 12.9. The van der Waals surface area contributed by atoms with Crippen molar-refractivity contribution in [2.24, 2.45) is 10.2 Å². The number of amides is 4. The number of hydrogen-bond donors (Lipinski definition) is 3. The molecular weight excluding hydrogens is 316 g/mol. The molecular formula is C14H16N6O4. The highest BCUT2D eigenvalue weighted by Crippen LogP contribution is 2.30. The molecule has 2 aliphatic heterocycles. The van der Waals surface area contributed by atoms with Gasteiger partial charge in [-0.05, 0) is 30.7 Å². The maximum Gasteiger partial charge on any atom is 0.356 e. The Morgan fingerprint density at radius 1 is 1.38 bits per heavy atom. The minimum atomic E-state index is -0.645. The summed E-state index contributed by atoms with van der Waals surface area (Å²) < 4.78 is 10.9. The fourth-order valence-electron chi connectivity index (χ4n) is 2.08. The van der Waals surface area contributed by atoms with E-state index in [1.165, 1.54) is 6.21 Å². The van der Waals surface area contributed by atoms with Crippen molar-refractivity contribution in [2.45, 2.75) is 6.92 Å². The van der Waals surface area contributed by atoms with Gasteiger partial charge in [-0.25, -0.2) is 30.9 Å². The van der Waals surface area contributed by atoms with Gasteiger partial charge in [0, 0.05) is 0 Å². The Morgan fingerprint density at radius 3 is 3.00 bits per heavy atom. The van der Waals surface area contributed by atoms with Crippen LogP contribution < -0.4 is 25.8 Å². The molecule has 126 valence electrons. The summed E-state index contributed by atoms with van der Waals surface area (Å²) in [4.78, 5) is 23.3. The van der Waals surface area contributed by atoms with Crippen LogP contribution in [-0.2, 0) is 0 Å². The lowest BCUT2D eigenvalue weighted by Crippen LogP contribution is -2.55. The molecule has 0 radical (unpaired) electrons. The Morgan fingerprint density at radius 2 is 2.17 bits per heavy atom. The quantitative estimate of drug-likeness (QED) is 0.549. The lowest BCUT2D eigenvalue weighted by molar-refractivity contribution is 0.171. The highest BCUT2D eigenvalue weighted by Gasteiger charge is 2.20. The predicted molar refractivity (Wildman–Crippen MR) is 85.0 cm³/mol. The number of rotatable bonds is 3. The molecule has 24 heavy (non-hydrogen) atoms. The van der Waals surface area contributed by atoms with E-state index in [0.717, 1.165) is 10.6 Å². The molecule has 0 fully saturated rings. The molecule has 2 aliphatic rings. The van der Waals surface area contributed by atoms with Gasteiger partial charge in [0.2, 0.25) is 0 Å². The molecule has 0 unspecified atom stereocenters. The summed E-state index contributed by atoms with van der Waals surface area (Å²) in [5.74, 6) is 1.31. The SMILES string of the molecule is CC1=NNC(=O)N(NC(=O)N/N=C/c2ccc3c(c2)OCCO3)C1. The van der Waals surface area contributed by atoms with Crippen LogP contribution >= 0.6 is 0 Å². The Balaban J connectivity index is 1.53. The number of carbonyl (C=O) groups is 2. The molecule has 2 heterocycles. The average Bonchev–Trinajstić information content (AvgIpc) is 2.58. The lowest BCUT2D eigenvalue weighted by Gasteiger charge is -2.25. The number of carbonyl (C=O) groups excluding carboxylic acids is 2. The van der Waals surface area contributed by atoms with Crippen LogP contribution in [0.25, 0.3) is 0 Å². The van der Waals surface area contributed by atoms with E-state index in [9.17, 15) is 9.59 Å². The molecule has 1 aromatic rings. The van der Waals surface area contributed by atoms with E-state index in [1.54, 1.807) is 25.1 Å². The molecule has 0 bridgehead atoms. The van der Waals surface area contributed by atoms with Gasteiger partial charge in [0.1, 0.15) is 13.2 Å². The van der Waals surface area contributed by atoms with Crippen LogP contribution in [0.2, 0.25) is 0 Å². The van der Waals surface area contributed by atoms with E-state index in [0.29, 0.717) is 30.4 Å². The highest BCUT2D eigenvalue weighted by atomic mass is 16.6. The zero-order chi connectivity index (χ0) is 16.9. The van der Waals surface area contributed by atoms with Crippen molar-refractivity contribution < 1.29 is 19.1 Å². The largest absolute Gasteiger partial charge is 0.486 e. The first-order valence-corrected chi connectivity index (χ1v) is 7.22. The highest BCUT2D eigenvalue weighted by molar-refractivity contribution is 5.92. The van der Waals surface area contributed by atoms with E-state index >= 15 is 0 Å². The van der Waals surface area contributed by atoms with Gasteiger partial charge in [-0.3, -0.25) is 0 Å². The van der Waals surface area contributed by atoms with Crippen LogP contribution in [0.3, 0.4) is 0 Å². The topological polar surface area (TPSA) is 117 Å². The normalized spacial score (nSPS) is 16.5. The standard InChI is InChI=1S/C14H16N6O4/c1-9-8-20(14(22)18-16-9)19-13(21)17-15-7-10-2-3-11-12(6-10)24-5-4-23-11/h2-3,6-7H,4-5,8H2,1H3,(H,18,22)(H2,17,19,21)/b15-7+. The second-order valence-corrected chi connectivity index (χ2v) is 5.06. The molecule has 4 amide bonds. The van der Waals surface area contributed by atoms with Crippen LogP contribution in [0.15, 0.2) is 28.4 Å². The number of hydrazone groups is 2. The second-order valence-electron chi connectivity index (χ2n) is 5.06. The minimum Gasteiger partial charge on any atom is -0.486 e. The third-order valence-corrected chi connectivity index (χ3v) is 3.16.